The SMILES string of the molecule is COc1ccc(CN(C)C(=O)CCCN2c3cccc4cccc(c34)S2(=O)=O)cc1. The van der Waals surface area contributed by atoms with Crippen molar-refractivity contribution >= 4 is 32.4 Å². The van der Waals surface area contributed by atoms with Crippen LogP contribution in [0.4, 0.5) is 5.69 Å². The number of sulfonamides is 1. The molecule has 0 aliphatic carbocycles. The van der Waals surface area contributed by atoms with E-state index in [0.717, 1.165) is 22.1 Å². The first kappa shape index (κ1) is 20.2. The van der Waals surface area contributed by atoms with Gasteiger partial charge in [-0.05, 0) is 41.6 Å². The van der Waals surface area contributed by atoms with Gasteiger partial charge in [-0.15, -0.1) is 0 Å². The number of amides is 1. The molecule has 1 aliphatic heterocycles. The maximum Gasteiger partial charge on any atom is 0.265 e. The zero-order valence-electron chi connectivity index (χ0n) is 17.0. The Labute approximate surface area is 176 Å². The summed E-state index contributed by atoms with van der Waals surface area (Å²) in [4.78, 5) is 14.6. The summed E-state index contributed by atoms with van der Waals surface area (Å²) in [6, 6.07) is 18.5. The van der Waals surface area contributed by atoms with Crippen LogP contribution in [0.2, 0.25) is 0 Å². The molecule has 0 fully saturated rings. The fraction of sp³-hybridized carbons (Fsp3) is 0.261. The van der Waals surface area contributed by atoms with Gasteiger partial charge >= 0.3 is 0 Å². The smallest absolute Gasteiger partial charge is 0.265 e. The van der Waals surface area contributed by atoms with E-state index in [0.29, 0.717) is 23.5 Å². The largest absolute Gasteiger partial charge is 0.497 e. The molecule has 0 atom stereocenters. The molecule has 0 unspecified atom stereocenters. The third-order valence-electron chi connectivity index (χ3n) is 5.44. The summed E-state index contributed by atoms with van der Waals surface area (Å²) in [6.07, 6.45) is 0.736. The van der Waals surface area contributed by atoms with Crippen molar-refractivity contribution < 1.29 is 17.9 Å². The third kappa shape index (κ3) is 3.61. The lowest BCUT2D eigenvalue weighted by molar-refractivity contribution is -0.130. The van der Waals surface area contributed by atoms with Crippen molar-refractivity contribution in [2.45, 2.75) is 24.3 Å². The average molecular weight is 425 g/mol. The first-order valence-corrected chi connectivity index (χ1v) is 11.3. The van der Waals surface area contributed by atoms with Crippen LogP contribution in [0.1, 0.15) is 18.4 Å². The van der Waals surface area contributed by atoms with Crippen LogP contribution >= 0.6 is 0 Å². The zero-order valence-corrected chi connectivity index (χ0v) is 17.9. The predicted octanol–water partition coefficient (Wildman–Crippen LogP) is 3.80. The highest BCUT2D eigenvalue weighted by molar-refractivity contribution is 7.93. The lowest BCUT2D eigenvalue weighted by Crippen LogP contribution is -2.30. The fourth-order valence-electron chi connectivity index (χ4n) is 3.86. The van der Waals surface area contributed by atoms with E-state index in [-0.39, 0.29) is 18.9 Å². The Bertz CT molecular complexity index is 1180. The standard InChI is InChI=1S/C23H24N2O4S/c1-24(16-17-11-13-19(29-2)14-12-17)22(26)10-5-15-25-20-8-3-6-18-7-4-9-21(23(18)20)30(25,27)28/h3-4,6-9,11-14H,5,10,15-16H2,1-2H3. The van der Waals surface area contributed by atoms with E-state index in [9.17, 15) is 13.2 Å². The van der Waals surface area contributed by atoms with Crippen LogP contribution in [-0.2, 0) is 21.4 Å². The third-order valence-corrected chi connectivity index (χ3v) is 7.29. The first-order valence-electron chi connectivity index (χ1n) is 9.83. The summed E-state index contributed by atoms with van der Waals surface area (Å²) in [6.45, 7) is 0.772. The van der Waals surface area contributed by atoms with Crippen molar-refractivity contribution in [1.29, 1.82) is 0 Å². The van der Waals surface area contributed by atoms with Gasteiger partial charge in [-0.3, -0.25) is 9.10 Å². The molecule has 156 valence electrons. The van der Waals surface area contributed by atoms with Gasteiger partial charge in [0.2, 0.25) is 5.91 Å². The minimum absolute atomic E-state index is 0.0156. The van der Waals surface area contributed by atoms with Crippen LogP contribution in [0.5, 0.6) is 5.75 Å². The Morgan fingerprint density at radius 2 is 1.73 bits per heavy atom. The van der Waals surface area contributed by atoms with Crippen LogP contribution < -0.4 is 9.04 Å². The van der Waals surface area contributed by atoms with Gasteiger partial charge in [0.25, 0.3) is 10.0 Å². The van der Waals surface area contributed by atoms with Gasteiger partial charge in [0, 0.05) is 31.9 Å². The van der Waals surface area contributed by atoms with E-state index in [2.05, 4.69) is 0 Å². The van der Waals surface area contributed by atoms with Crippen molar-refractivity contribution in [3.05, 3.63) is 66.2 Å². The molecule has 1 aliphatic rings. The van der Waals surface area contributed by atoms with Crippen molar-refractivity contribution in [3.63, 3.8) is 0 Å². The number of anilines is 1. The zero-order chi connectivity index (χ0) is 21.3. The summed E-state index contributed by atoms with van der Waals surface area (Å²) in [7, 11) is -0.200. The molecule has 6 nitrogen and oxygen atoms in total. The molecular weight excluding hydrogens is 400 g/mol. The highest BCUT2D eigenvalue weighted by Gasteiger charge is 2.35. The number of nitrogens with zero attached hydrogens (tertiary/aromatic N) is 2. The number of hydrogen-bond donors (Lipinski definition) is 0. The van der Waals surface area contributed by atoms with Gasteiger partial charge in [0.1, 0.15) is 5.75 Å². The van der Waals surface area contributed by atoms with E-state index >= 15 is 0 Å². The summed E-state index contributed by atoms with van der Waals surface area (Å²) < 4.78 is 32.6. The second-order valence-electron chi connectivity index (χ2n) is 7.41. The van der Waals surface area contributed by atoms with Gasteiger partial charge in [-0.2, -0.15) is 0 Å². The number of benzene rings is 3. The Kier molecular flexibility index (Phi) is 5.39. The molecular formula is C23H24N2O4S. The highest BCUT2D eigenvalue weighted by Crippen LogP contribution is 2.41. The molecule has 4 rings (SSSR count). The Morgan fingerprint density at radius 3 is 2.43 bits per heavy atom. The maximum absolute atomic E-state index is 13.0. The normalized spacial score (nSPS) is 14.1. The quantitative estimate of drug-likeness (QED) is 0.579. The van der Waals surface area contributed by atoms with Crippen molar-refractivity contribution in [3.8, 4) is 5.75 Å². The van der Waals surface area contributed by atoms with E-state index < -0.39 is 10.0 Å². The lowest BCUT2D eigenvalue weighted by Gasteiger charge is -2.20. The van der Waals surface area contributed by atoms with Gasteiger partial charge in [-0.1, -0.05) is 36.4 Å². The number of carbonyl (C=O) groups is 1. The Balaban J connectivity index is 1.39. The van der Waals surface area contributed by atoms with E-state index in [1.54, 1.807) is 31.2 Å². The first-order chi connectivity index (χ1) is 14.4. The second kappa shape index (κ2) is 7.99. The highest BCUT2D eigenvalue weighted by atomic mass is 32.2. The monoisotopic (exact) mass is 424 g/mol. The number of hydrogen-bond acceptors (Lipinski definition) is 4. The summed E-state index contributed by atoms with van der Waals surface area (Å²) in [5, 5.41) is 1.68. The molecule has 1 amide bonds. The second-order valence-corrected chi connectivity index (χ2v) is 9.24. The van der Waals surface area contributed by atoms with Gasteiger partial charge < -0.3 is 9.64 Å². The van der Waals surface area contributed by atoms with Crippen LogP contribution in [0, 0.1) is 0 Å². The van der Waals surface area contributed by atoms with E-state index in [1.165, 1.54) is 4.31 Å². The minimum atomic E-state index is -3.58. The minimum Gasteiger partial charge on any atom is -0.497 e. The van der Waals surface area contributed by atoms with Crippen molar-refractivity contribution in [2.75, 3.05) is 25.0 Å². The molecule has 0 bridgehead atoms. The predicted molar refractivity (Wildman–Crippen MR) is 117 cm³/mol. The van der Waals surface area contributed by atoms with E-state index in [1.807, 2.05) is 48.5 Å². The molecule has 0 spiro atoms. The molecule has 7 heteroatoms. The van der Waals surface area contributed by atoms with Crippen LogP contribution in [-0.4, -0.2) is 39.9 Å². The lowest BCUT2D eigenvalue weighted by atomic mass is 10.1. The van der Waals surface area contributed by atoms with E-state index in [4.69, 9.17) is 4.74 Å². The number of ether oxygens (including phenoxy) is 1. The fourth-order valence-corrected chi connectivity index (χ4v) is 5.61. The van der Waals surface area contributed by atoms with Crippen LogP contribution in [0.3, 0.4) is 0 Å². The molecule has 3 aromatic carbocycles. The summed E-state index contributed by atoms with van der Waals surface area (Å²) in [5.41, 5.74) is 1.71. The van der Waals surface area contributed by atoms with Gasteiger partial charge in [0.05, 0.1) is 17.7 Å². The van der Waals surface area contributed by atoms with Gasteiger partial charge in [-0.25, -0.2) is 8.42 Å². The van der Waals surface area contributed by atoms with Crippen molar-refractivity contribution in [2.24, 2.45) is 0 Å². The summed E-state index contributed by atoms with van der Waals surface area (Å²) in [5.74, 6) is 0.758. The Hall–Kier alpha value is -3.06. The van der Waals surface area contributed by atoms with Crippen molar-refractivity contribution in [1.82, 2.24) is 4.90 Å². The molecule has 0 aromatic heterocycles. The number of carbonyl (C=O) groups excluding carboxylic acids is 1. The average Bonchev–Trinajstić information content (AvgIpc) is 2.97. The maximum atomic E-state index is 13.0. The molecule has 0 saturated heterocycles. The molecule has 0 radical (unpaired) electrons. The number of rotatable bonds is 7. The summed E-state index contributed by atoms with van der Waals surface area (Å²) >= 11 is 0. The molecule has 0 saturated carbocycles. The molecule has 0 N–H and O–H groups in total. The van der Waals surface area contributed by atoms with Gasteiger partial charge in [0.15, 0.2) is 0 Å². The van der Waals surface area contributed by atoms with Crippen LogP contribution in [0.25, 0.3) is 10.8 Å². The molecule has 3 aromatic rings. The van der Waals surface area contributed by atoms with Crippen LogP contribution in [0.15, 0.2) is 65.6 Å². The Morgan fingerprint density at radius 1 is 1.03 bits per heavy atom. The number of methoxy groups -OCH3 is 1. The topological polar surface area (TPSA) is 66.9 Å². The molecule has 30 heavy (non-hydrogen) atoms. The molecule has 1 heterocycles.